The highest BCUT2D eigenvalue weighted by atomic mass is 35.5. The molecule has 3 aromatic rings. The molecule has 0 aliphatic carbocycles. The van der Waals surface area contributed by atoms with E-state index in [1.807, 2.05) is 45.0 Å². The van der Waals surface area contributed by atoms with E-state index in [1.54, 1.807) is 0 Å². The topological polar surface area (TPSA) is 147 Å². The molecule has 1 aromatic heterocycles. The lowest BCUT2D eigenvalue weighted by molar-refractivity contribution is -0.130. The largest absolute Gasteiger partial charge is 0.390 e. The van der Waals surface area contributed by atoms with Gasteiger partial charge in [0.05, 0.1) is 33.5 Å². The first kappa shape index (κ1) is 40.0. The monoisotopic (exact) mass is 747 g/mol. The van der Waals surface area contributed by atoms with E-state index < -0.39 is 73.0 Å². The molecule has 0 aliphatic rings. The summed E-state index contributed by atoms with van der Waals surface area (Å²) in [6.07, 6.45) is 0.482. The Hall–Kier alpha value is -2.46. The first-order valence-electron chi connectivity index (χ1n) is 15.8. The minimum atomic E-state index is -4.82. The van der Waals surface area contributed by atoms with Crippen LogP contribution < -0.4 is 11.1 Å². The van der Waals surface area contributed by atoms with Gasteiger partial charge in [-0.25, -0.2) is 29.9 Å². The fourth-order valence-electron chi connectivity index (χ4n) is 5.57. The van der Waals surface area contributed by atoms with Crippen molar-refractivity contribution < 1.29 is 35.5 Å². The first-order chi connectivity index (χ1) is 22.6. The molecule has 2 aromatic carbocycles. The average Bonchev–Trinajstić information content (AvgIpc) is 3.47. The molecular weight excluding hydrogens is 704 g/mol. The van der Waals surface area contributed by atoms with Crippen LogP contribution in [0.2, 0.25) is 4.34 Å². The maximum absolute atomic E-state index is 14.3. The van der Waals surface area contributed by atoms with E-state index >= 15 is 0 Å². The number of benzene rings is 2. The summed E-state index contributed by atoms with van der Waals surface area (Å²) in [7, 11) is -8.78. The minimum Gasteiger partial charge on any atom is -0.390 e. The van der Waals surface area contributed by atoms with Crippen molar-refractivity contribution >= 4 is 48.7 Å². The van der Waals surface area contributed by atoms with Gasteiger partial charge in [0.25, 0.3) is 15.9 Å². The van der Waals surface area contributed by atoms with Gasteiger partial charge in [-0.2, -0.15) is 0 Å². The molecule has 0 spiro atoms. The van der Waals surface area contributed by atoms with Crippen LogP contribution in [0.15, 0.2) is 58.8 Å². The van der Waals surface area contributed by atoms with Gasteiger partial charge in [0.15, 0.2) is 9.84 Å². The molecule has 0 bridgehead atoms. The van der Waals surface area contributed by atoms with E-state index in [0.717, 1.165) is 29.7 Å². The normalized spacial score (nSPS) is 14.2. The lowest BCUT2D eigenvalue weighted by Crippen LogP contribution is -2.58. The Morgan fingerprint density at radius 1 is 0.958 bits per heavy atom. The molecule has 0 fully saturated rings. The summed E-state index contributed by atoms with van der Waals surface area (Å²) < 4.78 is 83.9. The number of hydrogen-bond acceptors (Lipinski definition) is 9. The van der Waals surface area contributed by atoms with Gasteiger partial charge < -0.3 is 16.2 Å². The molecule has 266 valence electrons. The Bertz CT molecular complexity index is 1710. The lowest BCUT2D eigenvalue weighted by Gasteiger charge is -2.35. The van der Waals surface area contributed by atoms with Gasteiger partial charge in [0, 0.05) is 19.2 Å². The number of sulfonamides is 1. The molecule has 9 nitrogen and oxygen atoms in total. The van der Waals surface area contributed by atoms with E-state index in [-0.39, 0.29) is 27.2 Å². The van der Waals surface area contributed by atoms with Gasteiger partial charge >= 0.3 is 0 Å². The van der Waals surface area contributed by atoms with Gasteiger partial charge in [0.1, 0.15) is 15.8 Å². The maximum atomic E-state index is 14.3. The van der Waals surface area contributed by atoms with Crippen LogP contribution in [0.4, 0.5) is 8.78 Å². The molecule has 4 N–H and O–H groups in total. The molecule has 3 atom stereocenters. The number of nitrogens with two attached hydrogens (primary N) is 1. The number of rotatable bonds is 19. The summed E-state index contributed by atoms with van der Waals surface area (Å²) in [4.78, 5) is 14.2. The number of thiophene rings is 1. The second-order valence-corrected chi connectivity index (χ2v) is 17.8. The predicted molar refractivity (Wildman–Crippen MR) is 186 cm³/mol. The van der Waals surface area contributed by atoms with Crippen LogP contribution >= 0.6 is 22.9 Å². The standard InChI is InChI=1S/C33H44ClF2N3O6S3/c1-4-8-27(9-5-2)47(42,43)21-28(37)33(41)39(48(44,45)32-13-12-31(34)46-32)29(17-24-15-25(35)18-26(36)16-24)30(40)20-38-19-23-11-7-10-22(6-3)14-23/h7,10-16,18,27-30,38,40H,4-6,8-9,17,19-21,37H2,1-3H3/t28-,29-,30+/m0/s1. The number of nitrogens with one attached hydrogen (secondary N) is 1. The third-order valence-electron chi connectivity index (χ3n) is 7.93. The lowest BCUT2D eigenvalue weighted by atomic mass is 10.00. The second-order valence-electron chi connectivity index (χ2n) is 11.8. The third kappa shape index (κ3) is 10.8. The first-order valence-corrected chi connectivity index (χ1v) is 20.2. The van der Waals surface area contributed by atoms with Crippen LogP contribution in [0.5, 0.6) is 0 Å². The number of aliphatic hydroxyl groups excluding tert-OH is 1. The molecule has 0 saturated heterocycles. The van der Waals surface area contributed by atoms with Gasteiger partial charge in [-0.3, -0.25) is 4.79 Å². The zero-order chi connectivity index (χ0) is 35.6. The van der Waals surface area contributed by atoms with Crippen molar-refractivity contribution in [3.8, 4) is 0 Å². The van der Waals surface area contributed by atoms with Crippen molar-refractivity contribution in [3.63, 3.8) is 0 Å². The fourth-order valence-corrected chi connectivity index (χ4v) is 10.9. The Morgan fingerprint density at radius 2 is 1.58 bits per heavy atom. The van der Waals surface area contributed by atoms with Crippen molar-refractivity contribution in [1.82, 2.24) is 9.62 Å². The molecule has 0 aliphatic heterocycles. The average molecular weight is 748 g/mol. The number of hydrogen-bond donors (Lipinski definition) is 3. The fraction of sp³-hybridized carbons (Fsp3) is 0.485. The van der Waals surface area contributed by atoms with Gasteiger partial charge in [0.2, 0.25) is 0 Å². The molecule has 0 unspecified atom stereocenters. The summed E-state index contributed by atoms with van der Waals surface area (Å²) in [6, 6.07) is 9.25. The maximum Gasteiger partial charge on any atom is 0.276 e. The Balaban J connectivity index is 2.07. The zero-order valence-corrected chi connectivity index (χ0v) is 30.4. The molecule has 1 heterocycles. The summed E-state index contributed by atoms with van der Waals surface area (Å²) in [5, 5.41) is 13.9. The van der Waals surface area contributed by atoms with Gasteiger partial charge in [-0.1, -0.05) is 69.5 Å². The van der Waals surface area contributed by atoms with E-state index in [0.29, 0.717) is 47.4 Å². The molecule has 0 radical (unpaired) electrons. The van der Waals surface area contributed by atoms with E-state index in [4.69, 9.17) is 17.3 Å². The predicted octanol–water partition coefficient (Wildman–Crippen LogP) is 5.23. The number of carbonyl (C=O) groups is 1. The van der Waals surface area contributed by atoms with Crippen LogP contribution in [0.3, 0.4) is 0 Å². The van der Waals surface area contributed by atoms with Crippen molar-refractivity contribution in [2.24, 2.45) is 5.73 Å². The van der Waals surface area contributed by atoms with E-state index in [2.05, 4.69) is 5.32 Å². The second kappa shape index (κ2) is 18.0. The smallest absolute Gasteiger partial charge is 0.276 e. The molecule has 3 rings (SSSR count). The SMILES string of the molecule is CCCC(CCC)S(=O)(=O)C[C@H](N)C(=O)N([C@@H](Cc1cc(F)cc(F)c1)[C@H](O)CNCc1cccc(CC)c1)S(=O)(=O)c1ccc(Cl)s1. The van der Waals surface area contributed by atoms with E-state index in [9.17, 15) is 35.5 Å². The minimum absolute atomic E-state index is 0.0449. The third-order valence-corrected chi connectivity index (χ3v) is 13.8. The van der Waals surface area contributed by atoms with Crippen LogP contribution in [0, 0.1) is 11.6 Å². The van der Waals surface area contributed by atoms with Gasteiger partial charge in [-0.15, -0.1) is 11.3 Å². The Labute approximate surface area is 291 Å². The molecular formula is C33H44ClF2N3O6S3. The molecule has 1 amide bonds. The number of carbonyl (C=O) groups excluding carboxylic acids is 1. The summed E-state index contributed by atoms with van der Waals surface area (Å²) in [6.45, 7) is 5.71. The van der Waals surface area contributed by atoms with Gasteiger partial charge in [-0.05, 0) is 66.6 Å². The van der Waals surface area contributed by atoms with Crippen molar-refractivity contribution in [1.29, 1.82) is 0 Å². The van der Waals surface area contributed by atoms with Crippen molar-refractivity contribution in [2.75, 3.05) is 12.3 Å². The van der Waals surface area contributed by atoms with Crippen LogP contribution in [0.25, 0.3) is 0 Å². The number of aliphatic hydroxyl groups is 1. The Morgan fingerprint density at radius 3 is 2.15 bits per heavy atom. The summed E-state index contributed by atoms with van der Waals surface area (Å²) in [5.74, 6) is -4.01. The highest BCUT2D eigenvalue weighted by molar-refractivity contribution is 7.92. The zero-order valence-electron chi connectivity index (χ0n) is 27.2. The van der Waals surface area contributed by atoms with Crippen molar-refractivity contribution in [2.45, 2.75) is 93.5 Å². The number of aryl methyl sites for hydroxylation is 1. The highest BCUT2D eigenvalue weighted by Crippen LogP contribution is 2.31. The summed E-state index contributed by atoms with van der Waals surface area (Å²) in [5.41, 5.74) is 8.15. The van der Waals surface area contributed by atoms with Crippen LogP contribution in [-0.2, 0) is 44.0 Å². The van der Waals surface area contributed by atoms with Crippen molar-refractivity contribution in [3.05, 3.63) is 87.3 Å². The quantitative estimate of drug-likeness (QED) is 0.151. The van der Waals surface area contributed by atoms with Crippen LogP contribution in [-0.4, -0.2) is 67.9 Å². The molecule has 15 heteroatoms. The number of halogens is 3. The Kier molecular flexibility index (Phi) is 15.0. The number of nitrogens with zero attached hydrogens (tertiary/aromatic N) is 1. The number of sulfone groups is 1. The van der Waals surface area contributed by atoms with E-state index in [1.165, 1.54) is 12.1 Å². The molecule has 0 saturated carbocycles. The number of amides is 1. The highest BCUT2D eigenvalue weighted by Gasteiger charge is 2.43. The van der Waals surface area contributed by atoms with Crippen LogP contribution in [0.1, 0.15) is 63.1 Å². The summed E-state index contributed by atoms with van der Waals surface area (Å²) >= 11 is 6.70. The molecule has 48 heavy (non-hydrogen) atoms.